The van der Waals surface area contributed by atoms with Crippen LogP contribution in [0.4, 0.5) is 0 Å². The lowest BCUT2D eigenvalue weighted by Gasteiger charge is -2.39. The zero-order chi connectivity index (χ0) is 26.5. The monoisotopic (exact) mass is 493 g/mol. The van der Waals surface area contributed by atoms with E-state index in [1.165, 1.54) is 5.56 Å². The van der Waals surface area contributed by atoms with Gasteiger partial charge >= 0.3 is 0 Å². The maximum Gasteiger partial charge on any atom is 0.0691 e. The molecule has 7 nitrogen and oxygen atoms in total. The van der Waals surface area contributed by atoms with Gasteiger partial charge in [-0.05, 0) is 38.3 Å². The summed E-state index contributed by atoms with van der Waals surface area (Å²) in [5, 5.41) is 14.0. The van der Waals surface area contributed by atoms with Crippen LogP contribution in [-0.4, -0.2) is 62.3 Å². The van der Waals surface area contributed by atoms with E-state index in [0.717, 1.165) is 67.3 Å². The predicted octanol–water partition coefficient (Wildman–Crippen LogP) is 2.34. The Hall–Kier alpha value is -3.00. The predicted molar refractivity (Wildman–Crippen MR) is 154 cm³/mol. The van der Waals surface area contributed by atoms with Crippen LogP contribution in [0.15, 0.2) is 91.6 Å². The quantitative estimate of drug-likeness (QED) is 0.185. The normalized spacial score (nSPS) is 17.0. The highest BCUT2D eigenvalue weighted by atomic mass is 15.2. The summed E-state index contributed by atoms with van der Waals surface area (Å²) >= 11 is 0. The van der Waals surface area contributed by atoms with Crippen molar-refractivity contribution in [2.75, 3.05) is 39.3 Å². The number of nitrogens with zero attached hydrogens (tertiary/aromatic N) is 1. The molecule has 1 aromatic rings. The zero-order valence-corrected chi connectivity index (χ0v) is 22.1. The van der Waals surface area contributed by atoms with Gasteiger partial charge in [0.1, 0.15) is 0 Å². The van der Waals surface area contributed by atoms with Crippen LogP contribution in [0.5, 0.6) is 0 Å². The minimum Gasteiger partial charge on any atom is -0.382 e. The van der Waals surface area contributed by atoms with E-state index in [4.69, 9.17) is 11.5 Å². The highest BCUT2D eigenvalue weighted by molar-refractivity contribution is 5.22. The Morgan fingerprint density at radius 2 is 1.75 bits per heavy atom. The van der Waals surface area contributed by atoms with Crippen molar-refractivity contribution in [3.63, 3.8) is 0 Å². The molecule has 0 saturated carbocycles. The third-order valence-electron chi connectivity index (χ3n) is 6.51. The zero-order valence-electron chi connectivity index (χ0n) is 22.1. The summed E-state index contributed by atoms with van der Waals surface area (Å²) in [6, 6.07) is 10.6. The Balaban J connectivity index is 1.98. The molecule has 3 atom stereocenters. The molecule has 1 saturated heterocycles. The molecule has 1 aliphatic rings. The fourth-order valence-electron chi connectivity index (χ4n) is 4.26. The number of nitrogens with two attached hydrogens (primary N) is 2. The summed E-state index contributed by atoms with van der Waals surface area (Å²) in [6.07, 6.45) is 2.57. The van der Waals surface area contributed by atoms with Crippen molar-refractivity contribution >= 4 is 0 Å². The van der Waals surface area contributed by atoms with Gasteiger partial charge in [-0.15, -0.1) is 0 Å². The first-order valence-corrected chi connectivity index (χ1v) is 12.8. The molecule has 7 heteroatoms. The van der Waals surface area contributed by atoms with E-state index in [9.17, 15) is 0 Å². The van der Waals surface area contributed by atoms with Crippen molar-refractivity contribution in [1.29, 1.82) is 0 Å². The van der Waals surface area contributed by atoms with Crippen molar-refractivity contribution in [2.45, 2.75) is 44.3 Å². The molecule has 1 aromatic carbocycles. The number of piperazine rings is 1. The van der Waals surface area contributed by atoms with Gasteiger partial charge in [-0.1, -0.05) is 68.8 Å². The van der Waals surface area contributed by atoms with Crippen LogP contribution < -0.4 is 32.7 Å². The molecule has 36 heavy (non-hydrogen) atoms. The Labute approximate surface area is 218 Å². The van der Waals surface area contributed by atoms with Crippen LogP contribution in [0, 0.1) is 0 Å². The molecule has 0 amide bonds. The average molecular weight is 494 g/mol. The third-order valence-corrected chi connectivity index (χ3v) is 6.51. The summed E-state index contributed by atoms with van der Waals surface area (Å²) in [6.45, 7) is 27.5. The van der Waals surface area contributed by atoms with Gasteiger partial charge in [-0.25, -0.2) is 0 Å². The first-order valence-electron chi connectivity index (χ1n) is 12.8. The fourth-order valence-corrected chi connectivity index (χ4v) is 4.26. The molecule has 8 N–H and O–H groups in total. The van der Waals surface area contributed by atoms with E-state index >= 15 is 0 Å². The first kappa shape index (κ1) is 29.2. The number of nitrogens with one attached hydrogen (secondary N) is 4. The van der Waals surface area contributed by atoms with E-state index < -0.39 is 0 Å². The molecule has 0 aliphatic carbocycles. The third kappa shape index (κ3) is 9.57. The van der Waals surface area contributed by atoms with Crippen LogP contribution >= 0.6 is 0 Å². The van der Waals surface area contributed by atoms with E-state index in [-0.39, 0.29) is 18.1 Å². The average Bonchev–Trinajstić information content (AvgIpc) is 2.89. The Kier molecular flexibility index (Phi) is 12.3. The lowest BCUT2D eigenvalue weighted by Crippen LogP contribution is -2.53. The van der Waals surface area contributed by atoms with Crippen LogP contribution in [0.3, 0.4) is 0 Å². The lowest BCUT2D eigenvalue weighted by molar-refractivity contribution is 0.243. The molecule has 0 bridgehead atoms. The van der Waals surface area contributed by atoms with Crippen molar-refractivity contribution in [1.82, 2.24) is 26.2 Å². The summed E-state index contributed by atoms with van der Waals surface area (Å²) in [4.78, 5) is 2.35. The van der Waals surface area contributed by atoms with Crippen molar-refractivity contribution in [3.05, 3.63) is 97.2 Å². The maximum absolute atomic E-state index is 5.83. The second-order valence-electron chi connectivity index (χ2n) is 9.59. The Bertz CT molecular complexity index is 892. The molecule has 1 fully saturated rings. The highest BCUT2D eigenvalue weighted by Gasteiger charge is 2.25. The minimum absolute atomic E-state index is 0.0424. The smallest absolute Gasteiger partial charge is 0.0691 e. The second kappa shape index (κ2) is 15.2. The van der Waals surface area contributed by atoms with Gasteiger partial charge < -0.3 is 37.6 Å². The van der Waals surface area contributed by atoms with E-state index in [2.05, 4.69) is 78.1 Å². The van der Waals surface area contributed by atoms with E-state index in [1.807, 2.05) is 18.2 Å². The molecule has 1 heterocycles. The number of rotatable bonds is 17. The van der Waals surface area contributed by atoms with Crippen LogP contribution in [0.1, 0.15) is 25.3 Å². The second-order valence-corrected chi connectivity index (χ2v) is 9.59. The molecule has 3 unspecified atom stereocenters. The van der Waals surface area contributed by atoms with Crippen LogP contribution in [0.2, 0.25) is 0 Å². The maximum atomic E-state index is 5.83. The standard InChI is InChI=1S/C29H47N7/c1-21(2)29-20-36(16-15-32-29)25(6)27(13-10-14-30)35-23(4)19-33-24(5)28(34-22(3)18-31)17-26-11-8-7-9-12-26/h7-9,11-12,27-29,32-35H,1,3-6,10,13-20,30-31H2,2H3. The summed E-state index contributed by atoms with van der Waals surface area (Å²) < 4.78 is 0. The van der Waals surface area contributed by atoms with Gasteiger partial charge in [-0.2, -0.15) is 0 Å². The van der Waals surface area contributed by atoms with Crippen LogP contribution in [-0.2, 0) is 6.42 Å². The minimum atomic E-state index is -0.0424. The van der Waals surface area contributed by atoms with Crippen molar-refractivity contribution < 1.29 is 0 Å². The van der Waals surface area contributed by atoms with Gasteiger partial charge in [0.25, 0.3) is 0 Å². The van der Waals surface area contributed by atoms with Crippen molar-refractivity contribution in [3.8, 4) is 0 Å². The molecule has 1 aliphatic heterocycles. The molecule has 0 aromatic heterocycles. The van der Waals surface area contributed by atoms with Crippen LogP contribution in [0.25, 0.3) is 0 Å². The first-order chi connectivity index (χ1) is 17.2. The van der Waals surface area contributed by atoms with E-state index in [0.29, 0.717) is 19.6 Å². The molecule has 0 radical (unpaired) electrons. The van der Waals surface area contributed by atoms with Gasteiger partial charge in [0.05, 0.1) is 18.6 Å². The Morgan fingerprint density at radius 1 is 1.06 bits per heavy atom. The molecular weight excluding hydrogens is 446 g/mol. The SMILES string of the molecule is C=C(CN)NC(Cc1ccccc1)C(=C)NCC(=C)NC(CCCN)C(=C)N1CCNC(C(=C)C)C1. The molecule has 198 valence electrons. The fraction of sp³-hybridized carbons (Fsp3) is 0.448. The van der Waals surface area contributed by atoms with Gasteiger partial charge in [-0.3, -0.25) is 0 Å². The Morgan fingerprint density at radius 3 is 2.39 bits per heavy atom. The number of hydrogen-bond donors (Lipinski definition) is 6. The topological polar surface area (TPSA) is 103 Å². The molecule has 0 spiro atoms. The lowest BCUT2D eigenvalue weighted by atomic mass is 10.0. The van der Waals surface area contributed by atoms with Gasteiger partial charge in [0.15, 0.2) is 0 Å². The number of hydrogen-bond acceptors (Lipinski definition) is 7. The highest BCUT2D eigenvalue weighted by Crippen LogP contribution is 2.18. The van der Waals surface area contributed by atoms with Gasteiger partial charge in [0.2, 0.25) is 0 Å². The summed E-state index contributed by atoms with van der Waals surface area (Å²) in [5.74, 6) is 0. The van der Waals surface area contributed by atoms with Gasteiger partial charge in [0, 0.05) is 55.0 Å². The number of benzene rings is 1. The summed E-state index contributed by atoms with van der Waals surface area (Å²) in [5.41, 5.74) is 17.5. The van der Waals surface area contributed by atoms with Crippen molar-refractivity contribution in [2.24, 2.45) is 11.5 Å². The van der Waals surface area contributed by atoms with E-state index in [1.54, 1.807) is 0 Å². The molecule has 2 rings (SSSR count). The largest absolute Gasteiger partial charge is 0.382 e. The molecular formula is C29H47N7. The summed E-state index contributed by atoms with van der Waals surface area (Å²) in [7, 11) is 0.